The number of carbonyl (C=O) groups excluding carboxylic acids is 1. The molecule has 2 atom stereocenters. The quantitative estimate of drug-likeness (QED) is 0.678. The summed E-state index contributed by atoms with van der Waals surface area (Å²) in [6, 6.07) is 0.293. The molecule has 0 aromatic carbocycles. The predicted molar refractivity (Wildman–Crippen MR) is 63.5 cm³/mol. The molecule has 84 valence electrons. The molecule has 0 bridgehead atoms. The van der Waals surface area contributed by atoms with Crippen molar-refractivity contribution in [2.45, 2.75) is 44.9 Å². The lowest BCUT2D eigenvalue weighted by Crippen LogP contribution is -2.34. The van der Waals surface area contributed by atoms with Gasteiger partial charge in [-0.25, -0.2) is 0 Å². The third-order valence-electron chi connectivity index (χ3n) is 1.96. The van der Waals surface area contributed by atoms with Gasteiger partial charge in [-0.1, -0.05) is 20.3 Å². The predicted octanol–water partition coefficient (Wildman–Crippen LogP) is 1.37. The monoisotopic (exact) mass is 218 g/mol. The first-order chi connectivity index (χ1) is 6.60. The van der Waals surface area contributed by atoms with E-state index in [0.717, 1.165) is 12.8 Å². The fraction of sp³-hybridized carbons (Fsp3) is 0.900. The van der Waals surface area contributed by atoms with E-state index in [1.807, 2.05) is 13.8 Å². The number of amides is 1. The van der Waals surface area contributed by atoms with Crippen LogP contribution in [0.15, 0.2) is 0 Å². The average molecular weight is 218 g/mol. The van der Waals surface area contributed by atoms with Crippen molar-refractivity contribution in [1.82, 2.24) is 5.32 Å². The smallest absolute Gasteiger partial charge is 0.230 e. The van der Waals surface area contributed by atoms with Crippen molar-refractivity contribution in [3.63, 3.8) is 0 Å². The topological polar surface area (TPSA) is 55.1 Å². The van der Waals surface area contributed by atoms with Crippen LogP contribution in [0.4, 0.5) is 0 Å². The van der Waals surface area contributed by atoms with Crippen molar-refractivity contribution in [2.75, 3.05) is 12.3 Å². The lowest BCUT2D eigenvalue weighted by molar-refractivity contribution is -0.119. The molecule has 4 heteroatoms. The zero-order valence-corrected chi connectivity index (χ0v) is 10.2. The maximum Gasteiger partial charge on any atom is 0.230 e. The summed E-state index contributed by atoms with van der Waals surface area (Å²) in [5.74, 6) is 0.642. The molecule has 0 aromatic rings. The Balaban J connectivity index is 3.54. The maximum absolute atomic E-state index is 11.4. The van der Waals surface area contributed by atoms with E-state index in [-0.39, 0.29) is 5.91 Å². The van der Waals surface area contributed by atoms with Gasteiger partial charge in [-0.15, -0.1) is 11.8 Å². The molecule has 0 aliphatic heterocycles. The summed E-state index contributed by atoms with van der Waals surface area (Å²) in [7, 11) is 0. The third kappa shape index (κ3) is 7.21. The second-order valence-corrected chi connectivity index (χ2v) is 5.04. The number of nitrogens with one attached hydrogen (secondary N) is 1. The van der Waals surface area contributed by atoms with Crippen LogP contribution in [0.3, 0.4) is 0 Å². The van der Waals surface area contributed by atoms with E-state index in [1.54, 1.807) is 11.8 Å². The number of rotatable bonds is 7. The van der Waals surface area contributed by atoms with Crippen molar-refractivity contribution in [3.8, 4) is 0 Å². The van der Waals surface area contributed by atoms with Gasteiger partial charge in [0.25, 0.3) is 0 Å². The van der Waals surface area contributed by atoms with Gasteiger partial charge < -0.3 is 11.1 Å². The Hall–Kier alpha value is -0.220. The molecule has 0 radical (unpaired) electrons. The molecule has 0 aromatic heterocycles. The van der Waals surface area contributed by atoms with E-state index in [9.17, 15) is 4.79 Å². The van der Waals surface area contributed by atoms with Crippen LogP contribution in [0.5, 0.6) is 0 Å². The second kappa shape index (κ2) is 8.12. The molecule has 3 N–H and O–H groups in total. The van der Waals surface area contributed by atoms with Crippen molar-refractivity contribution in [2.24, 2.45) is 5.73 Å². The van der Waals surface area contributed by atoms with Gasteiger partial charge in [0.1, 0.15) is 0 Å². The fourth-order valence-electron chi connectivity index (χ4n) is 1.11. The van der Waals surface area contributed by atoms with Crippen molar-refractivity contribution in [1.29, 1.82) is 0 Å². The first-order valence-corrected chi connectivity index (χ1v) is 6.26. The summed E-state index contributed by atoms with van der Waals surface area (Å²) < 4.78 is 0. The average Bonchev–Trinajstić information content (AvgIpc) is 2.14. The van der Waals surface area contributed by atoms with Crippen molar-refractivity contribution in [3.05, 3.63) is 0 Å². The minimum absolute atomic E-state index is 0.122. The van der Waals surface area contributed by atoms with Crippen LogP contribution in [-0.2, 0) is 4.79 Å². The summed E-state index contributed by atoms with van der Waals surface area (Å²) in [6.07, 6.45) is 2.15. The highest BCUT2D eigenvalue weighted by Gasteiger charge is 2.08. The zero-order chi connectivity index (χ0) is 11.0. The lowest BCUT2D eigenvalue weighted by atomic mass is 10.2. The zero-order valence-electron chi connectivity index (χ0n) is 9.38. The molecule has 0 aliphatic rings. The number of hydrogen-bond acceptors (Lipinski definition) is 3. The van der Waals surface area contributed by atoms with E-state index >= 15 is 0 Å². The largest absolute Gasteiger partial charge is 0.353 e. The second-order valence-electron chi connectivity index (χ2n) is 3.61. The summed E-state index contributed by atoms with van der Waals surface area (Å²) in [5, 5.41) is 3.32. The number of carbonyl (C=O) groups is 1. The molecule has 0 aliphatic carbocycles. The molecule has 0 heterocycles. The maximum atomic E-state index is 11.4. The van der Waals surface area contributed by atoms with Crippen LogP contribution < -0.4 is 11.1 Å². The van der Waals surface area contributed by atoms with E-state index in [2.05, 4.69) is 12.2 Å². The van der Waals surface area contributed by atoms with Gasteiger partial charge in [-0.05, 0) is 13.3 Å². The SMILES string of the molecule is CCCC(C)NC(=O)CSC(C)CN. The van der Waals surface area contributed by atoms with Crippen LogP contribution in [0.25, 0.3) is 0 Å². The van der Waals surface area contributed by atoms with Crippen molar-refractivity contribution < 1.29 is 4.79 Å². The highest BCUT2D eigenvalue weighted by atomic mass is 32.2. The first-order valence-electron chi connectivity index (χ1n) is 5.21. The molecular formula is C10H22N2OS. The molecule has 0 saturated heterocycles. The van der Waals surface area contributed by atoms with Gasteiger partial charge in [0, 0.05) is 17.8 Å². The van der Waals surface area contributed by atoms with Gasteiger partial charge in [-0.3, -0.25) is 4.79 Å². The minimum atomic E-state index is 0.122. The Bertz CT molecular complexity index is 164. The summed E-state index contributed by atoms with van der Waals surface area (Å²) in [6.45, 7) is 6.82. The van der Waals surface area contributed by atoms with Crippen LogP contribution >= 0.6 is 11.8 Å². The highest BCUT2D eigenvalue weighted by molar-refractivity contribution is 8.00. The molecule has 2 unspecified atom stereocenters. The van der Waals surface area contributed by atoms with E-state index in [1.165, 1.54) is 0 Å². The highest BCUT2D eigenvalue weighted by Crippen LogP contribution is 2.08. The Morgan fingerprint density at radius 2 is 2.14 bits per heavy atom. The molecule has 14 heavy (non-hydrogen) atoms. The summed E-state index contributed by atoms with van der Waals surface area (Å²) in [5.41, 5.74) is 5.45. The lowest BCUT2D eigenvalue weighted by Gasteiger charge is -2.13. The Morgan fingerprint density at radius 3 is 2.64 bits per heavy atom. The first kappa shape index (κ1) is 13.8. The standard InChI is InChI=1S/C10H22N2OS/c1-4-5-8(2)12-10(13)7-14-9(3)6-11/h8-9H,4-7,11H2,1-3H3,(H,12,13). The Kier molecular flexibility index (Phi) is 7.99. The van der Waals surface area contributed by atoms with Crippen molar-refractivity contribution >= 4 is 17.7 Å². The Labute approximate surface area is 91.2 Å². The van der Waals surface area contributed by atoms with Crippen LogP contribution in [-0.4, -0.2) is 29.5 Å². The fourth-order valence-corrected chi connectivity index (χ4v) is 1.76. The van der Waals surface area contributed by atoms with E-state index in [4.69, 9.17) is 5.73 Å². The van der Waals surface area contributed by atoms with Crippen LogP contribution in [0, 0.1) is 0 Å². The molecule has 0 saturated carbocycles. The van der Waals surface area contributed by atoms with Crippen LogP contribution in [0.2, 0.25) is 0 Å². The molecule has 0 rings (SSSR count). The Morgan fingerprint density at radius 1 is 1.50 bits per heavy atom. The van der Waals surface area contributed by atoms with E-state index in [0.29, 0.717) is 23.6 Å². The third-order valence-corrected chi connectivity index (χ3v) is 3.15. The number of hydrogen-bond donors (Lipinski definition) is 2. The van der Waals surface area contributed by atoms with Gasteiger partial charge in [0.05, 0.1) is 5.75 Å². The van der Waals surface area contributed by atoms with Gasteiger partial charge in [-0.2, -0.15) is 0 Å². The van der Waals surface area contributed by atoms with Gasteiger partial charge >= 0.3 is 0 Å². The minimum Gasteiger partial charge on any atom is -0.353 e. The summed E-state index contributed by atoms with van der Waals surface area (Å²) >= 11 is 1.61. The summed E-state index contributed by atoms with van der Waals surface area (Å²) in [4.78, 5) is 11.4. The normalized spacial score (nSPS) is 14.9. The molecule has 1 amide bonds. The molecule has 0 spiro atoms. The van der Waals surface area contributed by atoms with Gasteiger partial charge in [0.2, 0.25) is 5.91 Å². The molecule has 3 nitrogen and oxygen atoms in total. The van der Waals surface area contributed by atoms with Gasteiger partial charge in [0.15, 0.2) is 0 Å². The van der Waals surface area contributed by atoms with Crippen LogP contribution in [0.1, 0.15) is 33.6 Å². The molecule has 0 fully saturated rings. The molecular weight excluding hydrogens is 196 g/mol. The number of nitrogens with two attached hydrogens (primary N) is 1. The van der Waals surface area contributed by atoms with E-state index < -0.39 is 0 Å². The number of thioether (sulfide) groups is 1.